The maximum atomic E-state index is 14.2. The van der Waals surface area contributed by atoms with E-state index in [1.165, 1.54) is 64.2 Å². The van der Waals surface area contributed by atoms with Gasteiger partial charge >= 0.3 is 24.1 Å². The molecule has 0 aromatic rings. The Hall–Kier alpha value is -3.25. The molecule has 2 N–H and O–H groups in total. The highest BCUT2D eigenvalue weighted by molar-refractivity contribution is 7.92. The van der Waals surface area contributed by atoms with Crippen LogP contribution in [0.4, 0.5) is 9.59 Å². The van der Waals surface area contributed by atoms with Crippen LogP contribution in [-0.2, 0) is 57.3 Å². The zero-order valence-electron chi connectivity index (χ0n) is 49.5. The lowest BCUT2D eigenvalue weighted by atomic mass is 9.61. The van der Waals surface area contributed by atoms with Crippen molar-refractivity contribution in [2.45, 2.75) is 256 Å². The molecule has 0 radical (unpaired) electrons. The third kappa shape index (κ3) is 20.5. The maximum absolute atomic E-state index is 14.2. The molecule has 16 nitrogen and oxygen atoms in total. The summed E-state index contributed by atoms with van der Waals surface area (Å²) in [4.78, 5) is 49.6. The molecule has 452 valence electrons. The summed E-state index contributed by atoms with van der Waals surface area (Å²) in [5, 5.41) is 4.40. The second-order valence-electron chi connectivity index (χ2n) is 25.7. The number of sulfone groups is 1. The molecule has 0 heterocycles. The summed E-state index contributed by atoms with van der Waals surface area (Å²) >= 11 is 0. The second kappa shape index (κ2) is 32.0. The third-order valence-corrected chi connectivity index (χ3v) is 22.3. The number of alkyl carbamates (subject to hydrolysis) is 2. The number of carbonyl (C=O) groups excluding carboxylic acids is 4. The van der Waals surface area contributed by atoms with Crippen LogP contribution in [0.3, 0.4) is 0 Å². The van der Waals surface area contributed by atoms with Gasteiger partial charge in [0.15, 0.2) is 22.0 Å². The number of carbonyl (C=O) groups is 4. The molecule has 6 aliphatic carbocycles. The minimum Gasteiger partial charge on any atom is -0.460 e. The fourth-order valence-corrected chi connectivity index (χ4v) is 16.5. The number of ether oxygens (including phenoxy) is 8. The molecule has 2 unspecified atom stereocenters. The fraction of sp³-hybridized carbons (Fsp3) is 0.871. The minimum absolute atomic E-state index is 0.0197. The lowest BCUT2D eigenvalue weighted by molar-refractivity contribution is -0.139. The van der Waals surface area contributed by atoms with Gasteiger partial charge in [-0.1, -0.05) is 79.4 Å². The van der Waals surface area contributed by atoms with Gasteiger partial charge < -0.3 is 48.5 Å². The van der Waals surface area contributed by atoms with Crippen molar-refractivity contribution in [1.29, 1.82) is 0 Å². The van der Waals surface area contributed by atoms with E-state index in [0.717, 1.165) is 63.2 Å². The summed E-state index contributed by atoms with van der Waals surface area (Å²) in [5.41, 5.74) is 1.18. The Kier molecular flexibility index (Phi) is 26.3. The van der Waals surface area contributed by atoms with Gasteiger partial charge in [0.2, 0.25) is 0 Å². The van der Waals surface area contributed by atoms with Crippen molar-refractivity contribution in [2.24, 2.45) is 34.5 Å². The Balaban J connectivity index is 0.935. The molecule has 6 rings (SSSR count). The van der Waals surface area contributed by atoms with E-state index in [1.54, 1.807) is 13.8 Å². The smallest absolute Gasteiger partial charge is 0.407 e. The Morgan fingerprint density at radius 1 is 0.443 bits per heavy atom. The first-order chi connectivity index (χ1) is 37.7. The van der Waals surface area contributed by atoms with Crippen LogP contribution in [-0.4, -0.2) is 132 Å². The number of rotatable bonds is 28. The standard InChI is InChI=1S/C62H104N2O14S/c1-43(2)57(65)71-37-35-63-59(67)77-53(39-73-49-23-19-47(20-24-49)61(5,6)45-15-11-9-12-16-45)41-75-51-27-31-55(32-28-51)79(69,70)56-33-29-52(30-34-56)76-42-54(78-60(68)64-36-38-72-58(66)44(3)4)40-74-50-25-21-48(22-26-50)62(7,8)46-17-13-10-14-18-46/h45-56H,1,3,9-42H2,2,4-8H3,(H,63,67)(H,64,68). The van der Waals surface area contributed by atoms with E-state index in [1.807, 2.05) is 0 Å². The first kappa shape index (κ1) is 64.9. The van der Waals surface area contributed by atoms with Crippen molar-refractivity contribution < 1.29 is 65.5 Å². The number of nitrogens with one attached hydrogen (secondary N) is 2. The van der Waals surface area contributed by atoms with Crippen LogP contribution in [0.15, 0.2) is 24.3 Å². The van der Waals surface area contributed by atoms with Crippen LogP contribution < -0.4 is 10.6 Å². The van der Waals surface area contributed by atoms with Gasteiger partial charge in [0.05, 0.1) is 74.4 Å². The van der Waals surface area contributed by atoms with Gasteiger partial charge in [0.25, 0.3) is 0 Å². The van der Waals surface area contributed by atoms with Crippen molar-refractivity contribution in [2.75, 3.05) is 52.7 Å². The summed E-state index contributed by atoms with van der Waals surface area (Å²) in [6.45, 7) is 20.9. The Labute approximate surface area is 475 Å². The molecule has 6 aliphatic rings. The maximum Gasteiger partial charge on any atom is 0.407 e. The molecule has 0 aromatic carbocycles. The molecule has 2 amide bonds. The summed E-state index contributed by atoms with van der Waals surface area (Å²) in [5.74, 6) is 1.84. The summed E-state index contributed by atoms with van der Waals surface area (Å²) in [6, 6.07) is 0. The van der Waals surface area contributed by atoms with Crippen molar-refractivity contribution in [3.05, 3.63) is 24.3 Å². The SMILES string of the molecule is C=C(C)C(=O)OCCNC(=O)OC(COC1CCC(C(C)(C)C2CCCCC2)CC1)COC1CCC(S(=O)(=O)C2CCC(OCC(COC3CCC(C(C)(C)C4CCCCC4)CC3)OC(=O)NCCOC(=O)C(=C)C)CC2)CC1. The zero-order chi connectivity index (χ0) is 57.0. The van der Waals surface area contributed by atoms with E-state index in [0.29, 0.717) is 74.0 Å². The van der Waals surface area contributed by atoms with E-state index in [9.17, 15) is 27.6 Å². The highest BCUT2D eigenvalue weighted by atomic mass is 32.2. The quantitative estimate of drug-likeness (QED) is 0.0324. The van der Waals surface area contributed by atoms with E-state index < -0.39 is 56.7 Å². The Morgan fingerprint density at radius 3 is 1.01 bits per heavy atom. The summed E-state index contributed by atoms with van der Waals surface area (Å²) in [7, 11) is -3.43. The van der Waals surface area contributed by atoms with Crippen molar-refractivity contribution >= 4 is 34.0 Å². The van der Waals surface area contributed by atoms with Crippen molar-refractivity contribution in [1.82, 2.24) is 10.6 Å². The van der Waals surface area contributed by atoms with Crippen LogP contribution in [0.25, 0.3) is 0 Å². The first-order valence-electron chi connectivity index (χ1n) is 31.0. The largest absolute Gasteiger partial charge is 0.460 e. The lowest BCUT2D eigenvalue weighted by Gasteiger charge is -2.45. The average molecular weight is 1130 g/mol. The average Bonchev–Trinajstić information content (AvgIpc) is 3.45. The first-order valence-corrected chi connectivity index (χ1v) is 32.6. The molecule has 17 heteroatoms. The molecule has 0 saturated heterocycles. The topological polar surface area (TPSA) is 200 Å². The van der Waals surface area contributed by atoms with Crippen molar-refractivity contribution in [3.63, 3.8) is 0 Å². The van der Waals surface area contributed by atoms with E-state index >= 15 is 0 Å². The van der Waals surface area contributed by atoms with Gasteiger partial charge in [-0.25, -0.2) is 27.6 Å². The number of esters is 2. The van der Waals surface area contributed by atoms with Gasteiger partial charge in [0.1, 0.15) is 13.2 Å². The van der Waals surface area contributed by atoms with Gasteiger partial charge in [-0.15, -0.1) is 0 Å². The molecular weight excluding hydrogens is 1030 g/mol. The van der Waals surface area contributed by atoms with Gasteiger partial charge in [0, 0.05) is 11.1 Å². The Morgan fingerprint density at radius 2 is 0.722 bits per heavy atom. The van der Waals surface area contributed by atoms with Crippen LogP contribution in [0.2, 0.25) is 0 Å². The summed E-state index contributed by atoms with van der Waals surface area (Å²) in [6.07, 6.45) is 23.1. The number of amides is 2. The predicted molar refractivity (Wildman–Crippen MR) is 305 cm³/mol. The third-order valence-electron chi connectivity index (χ3n) is 19.5. The van der Waals surface area contributed by atoms with Crippen LogP contribution >= 0.6 is 0 Å². The lowest BCUT2D eigenvalue weighted by Crippen LogP contribution is -2.41. The molecule has 6 saturated carbocycles. The molecule has 79 heavy (non-hydrogen) atoms. The molecule has 2 atom stereocenters. The number of hydrogen-bond acceptors (Lipinski definition) is 14. The van der Waals surface area contributed by atoms with Gasteiger partial charge in [-0.3, -0.25) is 0 Å². The van der Waals surface area contributed by atoms with Crippen LogP contribution in [0.1, 0.15) is 208 Å². The van der Waals surface area contributed by atoms with Crippen LogP contribution in [0.5, 0.6) is 0 Å². The van der Waals surface area contributed by atoms with Crippen LogP contribution in [0, 0.1) is 34.5 Å². The zero-order valence-corrected chi connectivity index (χ0v) is 50.3. The molecule has 0 spiro atoms. The molecular formula is C62H104N2O14S. The van der Waals surface area contributed by atoms with Gasteiger partial charge in [-0.2, -0.15) is 0 Å². The molecule has 0 aromatic heterocycles. The second-order valence-corrected chi connectivity index (χ2v) is 28.2. The fourth-order valence-electron chi connectivity index (χ4n) is 14.1. The monoisotopic (exact) mass is 1130 g/mol. The Bertz CT molecular complexity index is 1880. The molecule has 0 bridgehead atoms. The van der Waals surface area contributed by atoms with Gasteiger partial charge in [-0.05, 0) is 177 Å². The highest BCUT2D eigenvalue weighted by Crippen LogP contribution is 2.50. The minimum atomic E-state index is -3.43. The van der Waals surface area contributed by atoms with E-state index in [2.05, 4.69) is 51.5 Å². The normalized spacial score (nSPS) is 27.6. The van der Waals surface area contributed by atoms with Crippen molar-refractivity contribution in [3.8, 4) is 0 Å². The summed E-state index contributed by atoms with van der Waals surface area (Å²) < 4.78 is 75.9. The molecule has 6 fully saturated rings. The number of hydrogen-bond donors (Lipinski definition) is 2. The van der Waals surface area contributed by atoms with E-state index in [4.69, 9.17) is 37.9 Å². The predicted octanol–water partition coefficient (Wildman–Crippen LogP) is 11.8. The highest BCUT2D eigenvalue weighted by Gasteiger charge is 2.43. The molecule has 0 aliphatic heterocycles. The van der Waals surface area contributed by atoms with E-state index in [-0.39, 0.29) is 88.3 Å².